The molecular weight excluding hydrogens is 371 g/mol. The van der Waals surface area contributed by atoms with Crippen molar-refractivity contribution in [3.05, 3.63) is 36.4 Å². The number of fused-ring (bicyclic) bond motifs is 1. The number of Topliss-reactive ketones (excluding diaryl/α,β-unsaturated/α-hetero) is 1. The van der Waals surface area contributed by atoms with Crippen molar-refractivity contribution in [1.29, 1.82) is 0 Å². The predicted molar refractivity (Wildman–Crippen MR) is 115 cm³/mol. The van der Waals surface area contributed by atoms with E-state index in [4.69, 9.17) is 14.0 Å². The summed E-state index contributed by atoms with van der Waals surface area (Å²) in [5.41, 5.74) is 1.55. The summed E-state index contributed by atoms with van der Waals surface area (Å²) in [7, 11) is -1.71. The van der Waals surface area contributed by atoms with Gasteiger partial charge in [0.1, 0.15) is 18.0 Å². The van der Waals surface area contributed by atoms with Gasteiger partial charge in [-0.1, -0.05) is 26.2 Å². The molecule has 0 atom stereocenters. The molecule has 150 valence electrons. The number of hydrogen-bond acceptors (Lipinski definition) is 5. The van der Waals surface area contributed by atoms with Crippen molar-refractivity contribution >= 4 is 37.5 Å². The predicted octanol–water partition coefficient (Wildman–Crippen LogP) is 3.59. The zero-order valence-corrected chi connectivity index (χ0v) is 18.7. The normalized spacial score (nSPS) is 16.6. The van der Waals surface area contributed by atoms with E-state index in [1.807, 2.05) is 30.7 Å². The van der Waals surface area contributed by atoms with Crippen LogP contribution in [0.25, 0.3) is 11.0 Å². The number of rotatable bonds is 7. The fraction of sp³-hybridized carbons (Fsp3) is 0.500. The Morgan fingerprint density at radius 2 is 2.11 bits per heavy atom. The summed E-state index contributed by atoms with van der Waals surface area (Å²) < 4.78 is 19.4. The van der Waals surface area contributed by atoms with Crippen molar-refractivity contribution in [2.75, 3.05) is 6.61 Å². The van der Waals surface area contributed by atoms with Gasteiger partial charge < -0.3 is 18.6 Å². The standard InChI is InChI=1S/C20H29BN2O4Si/c1-14(24)18-12-23(13-25-8-9-28(5,6)7)19-17(18)10-16(11-22-19)21-26-15(2)20(3,4)27-21/h10-12H,2,8-9,13H2,1,3-7H3. The monoisotopic (exact) mass is 400 g/mol. The number of ether oxygens (including phenoxy) is 1. The smallest absolute Gasteiger partial charge is 0.534 e. The molecule has 1 aliphatic heterocycles. The van der Waals surface area contributed by atoms with Crippen molar-refractivity contribution in [3.63, 3.8) is 0 Å². The van der Waals surface area contributed by atoms with Gasteiger partial charge in [-0.15, -0.1) is 0 Å². The fourth-order valence-electron chi connectivity index (χ4n) is 3.00. The van der Waals surface area contributed by atoms with Gasteiger partial charge >= 0.3 is 7.12 Å². The second-order valence-corrected chi connectivity index (χ2v) is 14.7. The molecule has 0 spiro atoms. The second kappa shape index (κ2) is 7.50. The van der Waals surface area contributed by atoms with Crippen LogP contribution >= 0.6 is 0 Å². The van der Waals surface area contributed by atoms with E-state index < -0.39 is 20.8 Å². The fourth-order valence-corrected chi connectivity index (χ4v) is 3.76. The van der Waals surface area contributed by atoms with Gasteiger partial charge in [-0.3, -0.25) is 4.79 Å². The molecule has 0 saturated carbocycles. The van der Waals surface area contributed by atoms with Gasteiger partial charge in [0.25, 0.3) is 0 Å². The van der Waals surface area contributed by atoms with Gasteiger partial charge in [-0.05, 0) is 32.9 Å². The van der Waals surface area contributed by atoms with Gasteiger partial charge in [-0.25, -0.2) is 4.98 Å². The van der Waals surface area contributed by atoms with Gasteiger partial charge in [0.2, 0.25) is 0 Å². The van der Waals surface area contributed by atoms with Gasteiger partial charge in [0.05, 0.1) is 5.76 Å². The molecule has 0 aromatic carbocycles. The topological polar surface area (TPSA) is 62.6 Å². The van der Waals surface area contributed by atoms with E-state index in [2.05, 4.69) is 31.2 Å². The summed E-state index contributed by atoms with van der Waals surface area (Å²) in [6.07, 6.45) is 3.54. The molecular formula is C20H29BN2O4Si. The first kappa shape index (κ1) is 20.8. The summed E-state index contributed by atoms with van der Waals surface area (Å²) in [5.74, 6) is 0.570. The molecule has 0 amide bonds. The largest absolute Gasteiger partial charge is 0.564 e. The summed E-state index contributed by atoms with van der Waals surface area (Å²) in [5, 5.41) is 0.779. The SMILES string of the molecule is C=C1OB(c2cnc3c(c2)c(C(C)=O)cn3COCC[Si](C)(C)C)OC1(C)C. The molecule has 0 unspecified atom stereocenters. The van der Waals surface area contributed by atoms with E-state index in [-0.39, 0.29) is 5.78 Å². The van der Waals surface area contributed by atoms with Gasteiger partial charge in [0.15, 0.2) is 5.78 Å². The number of nitrogens with zero attached hydrogens (tertiary/aromatic N) is 2. The average molecular weight is 400 g/mol. The lowest BCUT2D eigenvalue weighted by atomic mass is 9.80. The molecule has 0 bridgehead atoms. The Morgan fingerprint density at radius 3 is 2.68 bits per heavy atom. The van der Waals surface area contributed by atoms with Gasteiger partial charge in [-0.2, -0.15) is 0 Å². The number of pyridine rings is 1. The third-order valence-electron chi connectivity index (χ3n) is 4.94. The van der Waals surface area contributed by atoms with Crippen molar-refractivity contribution < 1.29 is 18.8 Å². The van der Waals surface area contributed by atoms with Crippen LogP contribution in [0.3, 0.4) is 0 Å². The van der Waals surface area contributed by atoms with Crippen LogP contribution in [0.2, 0.25) is 25.7 Å². The molecule has 1 fully saturated rings. The molecule has 28 heavy (non-hydrogen) atoms. The Bertz CT molecular complexity index is 917. The maximum Gasteiger partial charge on any atom is 0.564 e. The van der Waals surface area contributed by atoms with E-state index in [0.717, 1.165) is 22.5 Å². The molecule has 2 aromatic heterocycles. The Labute approximate surface area is 168 Å². The molecule has 6 nitrogen and oxygen atoms in total. The molecule has 8 heteroatoms. The molecule has 0 aliphatic carbocycles. The summed E-state index contributed by atoms with van der Waals surface area (Å²) >= 11 is 0. The highest BCUT2D eigenvalue weighted by atomic mass is 28.3. The van der Waals surface area contributed by atoms with E-state index in [1.165, 1.54) is 0 Å². The summed E-state index contributed by atoms with van der Waals surface area (Å²) in [6, 6.07) is 3.01. The molecule has 3 heterocycles. The average Bonchev–Trinajstić information content (AvgIpc) is 3.08. The minimum absolute atomic E-state index is 0.0113. The Kier molecular flexibility index (Phi) is 5.58. The third kappa shape index (κ3) is 4.39. The minimum Gasteiger partial charge on any atom is -0.534 e. The van der Waals surface area contributed by atoms with Crippen molar-refractivity contribution in [2.45, 2.75) is 58.8 Å². The highest BCUT2D eigenvalue weighted by Gasteiger charge is 2.43. The lowest BCUT2D eigenvalue weighted by molar-refractivity contribution is 0.0895. The first-order valence-electron chi connectivity index (χ1n) is 9.59. The van der Waals surface area contributed by atoms with Crippen molar-refractivity contribution in [3.8, 4) is 0 Å². The molecule has 3 rings (SSSR count). The molecule has 1 aliphatic rings. The minimum atomic E-state index is -1.14. The Hall–Kier alpha value is -1.90. The molecule has 2 aromatic rings. The quantitative estimate of drug-likeness (QED) is 0.404. The molecule has 0 radical (unpaired) electrons. The van der Waals surface area contributed by atoms with E-state index >= 15 is 0 Å². The first-order chi connectivity index (χ1) is 13.0. The van der Waals surface area contributed by atoms with Crippen LogP contribution in [0.15, 0.2) is 30.8 Å². The lowest BCUT2D eigenvalue weighted by Crippen LogP contribution is -2.34. The van der Waals surface area contributed by atoms with Crippen LogP contribution < -0.4 is 5.46 Å². The lowest BCUT2D eigenvalue weighted by Gasteiger charge is -2.15. The van der Waals surface area contributed by atoms with Crippen LogP contribution in [0, 0.1) is 0 Å². The number of hydrogen-bond donors (Lipinski definition) is 0. The van der Waals surface area contributed by atoms with Crippen LogP contribution in [0.4, 0.5) is 0 Å². The highest BCUT2D eigenvalue weighted by molar-refractivity contribution is 6.76. The maximum atomic E-state index is 12.2. The summed E-state index contributed by atoms with van der Waals surface area (Å²) in [4.78, 5) is 16.7. The number of carbonyl (C=O) groups excluding carboxylic acids is 1. The number of carbonyl (C=O) groups is 1. The maximum absolute atomic E-state index is 12.2. The van der Waals surface area contributed by atoms with Crippen LogP contribution in [0.5, 0.6) is 0 Å². The van der Waals surface area contributed by atoms with Gasteiger partial charge in [0, 0.05) is 43.5 Å². The zero-order valence-electron chi connectivity index (χ0n) is 17.7. The van der Waals surface area contributed by atoms with Crippen LogP contribution in [0.1, 0.15) is 31.1 Å². The molecule has 1 saturated heterocycles. The Balaban J connectivity index is 1.85. The van der Waals surface area contributed by atoms with E-state index in [9.17, 15) is 4.79 Å². The Morgan fingerprint density at radius 1 is 1.39 bits per heavy atom. The van der Waals surface area contributed by atoms with E-state index in [1.54, 1.807) is 13.1 Å². The first-order valence-corrected chi connectivity index (χ1v) is 13.3. The second-order valence-electron chi connectivity index (χ2n) is 9.06. The van der Waals surface area contributed by atoms with Crippen LogP contribution in [-0.4, -0.2) is 42.7 Å². The highest BCUT2D eigenvalue weighted by Crippen LogP contribution is 2.29. The molecule has 0 N–H and O–H groups in total. The number of ketones is 1. The zero-order chi connectivity index (χ0) is 20.7. The van der Waals surface area contributed by atoms with E-state index in [0.29, 0.717) is 24.7 Å². The van der Waals surface area contributed by atoms with Crippen molar-refractivity contribution in [1.82, 2.24) is 9.55 Å². The number of aromatic nitrogens is 2. The third-order valence-corrected chi connectivity index (χ3v) is 6.64. The van der Waals surface area contributed by atoms with Crippen molar-refractivity contribution in [2.24, 2.45) is 0 Å². The summed E-state index contributed by atoms with van der Waals surface area (Å²) in [6.45, 7) is 17.4. The van der Waals surface area contributed by atoms with Crippen LogP contribution in [-0.2, 0) is 20.8 Å².